The van der Waals surface area contributed by atoms with E-state index in [0.29, 0.717) is 5.69 Å². The summed E-state index contributed by atoms with van der Waals surface area (Å²) in [5.41, 5.74) is 5.65. The Morgan fingerprint density at radius 2 is 0.941 bits per heavy atom. The molecule has 0 bridgehead atoms. The smallest absolute Gasteiger partial charge is 0.145 e. The second kappa shape index (κ2) is 7.06. The highest BCUT2D eigenvalue weighted by Gasteiger charge is 2.17. The zero-order valence-electron chi connectivity index (χ0n) is 18.2. The van der Waals surface area contributed by atoms with E-state index in [9.17, 15) is 5.26 Å². The molecular weight excluding hydrogens is 416 g/mol. The van der Waals surface area contributed by atoms with E-state index in [0.717, 1.165) is 33.6 Å². The summed E-state index contributed by atoms with van der Waals surface area (Å²) >= 11 is 0. The van der Waals surface area contributed by atoms with Crippen LogP contribution in [0.2, 0.25) is 0 Å². The molecule has 3 aromatic heterocycles. The number of hydrogen-bond acceptors (Lipinski definition) is 2. The van der Waals surface area contributed by atoms with Gasteiger partial charge in [0, 0.05) is 27.6 Å². The van der Waals surface area contributed by atoms with Gasteiger partial charge in [0.25, 0.3) is 0 Å². The van der Waals surface area contributed by atoms with Crippen molar-refractivity contribution in [3.05, 3.63) is 115 Å². The summed E-state index contributed by atoms with van der Waals surface area (Å²) in [4.78, 5) is 4.75. The van der Waals surface area contributed by atoms with Crippen LogP contribution >= 0.6 is 0 Å². The van der Waals surface area contributed by atoms with Gasteiger partial charge in [0.2, 0.25) is 0 Å². The average Bonchev–Trinajstić information content (AvgIpc) is 3.42. The molecule has 7 rings (SSSR count). The normalized spacial score (nSPS) is 11.5. The van der Waals surface area contributed by atoms with E-state index in [1.165, 1.54) is 21.5 Å². The van der Waals surface area contributed by atoms with E-state index < -0.39 is 0 Å². The molecule has 4 heteroatoms. The van der Waals surface area contributed by atoms with E-state index in [4.69, 9.17) is 4.98 Å². The Hall–Kier alpha value is -4.88. The number of rotatable bonds is 2. The molecule has 0 aliphatic heterocycles. The number of nitrogens with zero attached hydrogens (tertiary/aromatic N) is 4. The largest absolute Gasteiger partial charge is 0.309 e. The lowest BCUT2D eigenvalue weighted by Gasteiger charge is -2.12. The van der Waals surface area contributed by atoms with Crippen LogP contribution in [0.3, 0.4) is 0 Å². The van der Waals surface area contributed by atoms with Crippen molar-refractivity contribution in [3.63, 3.8) is 0 Å². The third kappa shape index (κ3) is 2.55. The second-order valence-electron chi connectivity index (χ2n) is 8.42. The minimum Gasteiger partial charge on any atom is -0.309 e. The Bertz CT molecular complexity index is 1690. The van der Waals surface area contributed by atoms with Crippen molar-refractivity contribution in [3.8, 4) is 17.6 Å². The molecule has 0 fully saturated rings. The van der Waals surface area contributed by atoms with E-state index in [1.54, 1.807) is 0 Å². The van der Waals surface area contributed by atoms with Crippen molar-refractivity contribution < 1.29 is 0 Å². The third-order valence-corrected chi connectivity index (χ3v) is 6.56. The molecule has 0 aliphatic rings. The van der Waals surface area contributed by atoms with Crippen LogP contribution in [0.1, 0.15) is 5.69 Å². The number of pyridine rings is 1. The number of nitriles is 1. The van der Waals surface area contributed by atoms with Gasteiger partial charge in [-0.05, 0) is 30.3 Å². The van der Waals surface area contributed by atoms with Gasteiger partial charge < -0.3 is 4.57 Å². The Labute approximate surface area is 195 Å². The molecule has 0 aliphatic carbocycles. The van der Waals surface area contributed by atoms with Crippen LogP contribution in [0.15, 0.2) is 109 Å². The molecule has 3 heterocycles. The number of benzene rings is 4. The summed E-state index contributed by atoms with van der Waals surface area (Å²) < 4.78 is 4.38. The third-order valence-electron chi connectivity index (χ3n) is 6.56. The van der Waals surface area contributed by atoms with Crippen molar-refractivity contribution in [2.45, 2.75) is 0 Å². The molecule has 0 saturated carbocycles. The topological polar surface area (TPSA) is 46.5 Å². The quantitative estimate of drug-likeness (QED) is 0.290. The van der Waals surface area contributed by atoms with Gasteiger partial charge in [0.05, 0.1) is 27.8 Å². The Morgan fingerprint density at radius 3 is 1.38 bits per heavy atom. The van der Waals surface area contributed by atoms with Crippen molar-refractivity contribution in [2.24, 2.45) is 0 Å². The first-order valence-corrected chi connectivity index (χ1v) is 11.2. The first-order valence-electron chi connectivity index (χ1n) is 11.2. The summed E-state index contributed by atoms with van der Waals surface area (Å²) in [6.07, 6.45) is 0. The summed E-state index contributed by atoms with van der Waals surface area (Å²) in [5, 5.41) is 14.6. The summed E-state index contributed by atoms with van der Waals surface area (Å²) in [6, 6.07) is 39.7. The molecule has 0 saturated heterocycles. The van der Waals surface area contributed by atoms with Crippen LogP contribution in [0.25, 0.3) is 55.1 Å². The molecule has 0 radical (unpaired) electrons. The lowest BCUT2D eigenvalue weighted by atomic mass is 10.2. The first-order chi connectivity index (χ1) is 16.8. The van der Waals surface area contributed by atoms with Crippen LogP contribution < -0.4 is 0 Å². The zero-order valence-corrected chi connectivity index (χ0v) is 18.2. The van der Waals surface area contributed by atoms with E-state index >= 15 is 0 Å². The van der Waals surface area contributed by atoms with Gasteiger partial charge in [-0.3, -0.25) is 4.57 Å². The predicted molar refractivity (Wildman–Crippen MR) is 138 cm³/mol. The average molecular weight is 435 g/mol. The molecule has 0 atom stereocenters. The van der Waals surface area contributed by atoms with Crippen LogP contribution in [0.5, 0.6) is 0 Å². The molecule has 0 N–H and O–H groups in total. The maximum Gasteiger partial charge on any atom is 0.145 e. The van der Waals surface area contributed by atoms with Crippen molar-refractivity contribution in [2.75, 3.05) is 0 Å². The van der Waals surface area contributed by atoms with Gasteiger partial charge in [-0.25, -0.2) is 4.98 Å². The maximum absolute atomic E-state index is 9.90. The van der Waals surface area contributed by atoms with Crippen LogP contribution in [-0.4, -0.2) is 14.1 Å². The number of fused-ring (bicyclic) bond motifs is 6. The molecule has 4 aromatic carbocycles. The summed E-state index contributed by atoms with van der Waals surface area (Å²) in [5.74, 6) is 0.730. The number of hydrogen-bond donors (Lipinski definition) is 0. The maximum atomic E-state index is 9.90. The Morgan fingerprint density at radius 1 is 0.529 bits per heavy atom. The molecule has 34 heavy (non-hydrogen) atoms. The molecule has 0 spiro atoms. The standard InChI is InChI=1S/C30H18N4/c31-19-20-17-21(33-26-13-5-1-9-22(26)23-10-2-6-14-27(23)33)18-30(32-20)34-28-15-7-3-11-24(28)25-12-4-8-16-29(25)34/h1-18H. The molecule has 0 unspecified atom stereocenters. The minimum atomic E-state index is 0.385. The van der Waals surface area contributed by atoms with Crippen molar-refractivity contribution in [1.29, 1.82) is 5.26 Å². The lowest BCUT2D eigenvalue weighted by Crippen LogP contribution is -2.03. The van der Waals surface area contributed by atoms with Gasteiger partial charge >= 0.3 is 0 Å². The fourth-order valence-corrected chi connectivity index (χ4v) is 5.17. The van der Waals surface area contributed by atoms with Crippen LogP contribution in [0.4, 0.5) is 0 Å². The molecule has 158 valence electrons. The Kier molecular flexibility index (Phi) is 3.88. The van der Waals surface area contributed by atoms with Crippen LogP contribution in [-0.2, 0) is 0 Å². The van der Waals surface area contributed by atoms with E-state index in [1.807, 2.05) is 18.2 Å². The zero-order chi connectivity index (χ0) is 22.6. The number of para-hydroxylation sites is 4. The molecule has 4 nitrogen and oxygen atoms in total. The van der Waals surface area contributed by atoms with E-state index in [2.05, 4.69) is 106 Å². The highest BCUT2D eigenvalue weighted by atomic mass is 15.1. The van der Waals surface area contributed by atoms with Crippen molar-refractivity contribution in [1.82, 2.24) is 14.1 Å². The van der Waals surface area contributed by atoms with Gasteiger partial charge in [-0.1, -0.05) is 72.8 Å². The van der Waals surface area contributed by atoms with Crippen molar-refractivity contribution >= 4 is 43.6 Å². The van der Waals surface area contributed by atoms with Gasteiger partial charge in [0.15, 0.2) is 0 Å². The van der Waals surface area contributed by atoms with Gasteiger partial charge in [-0.15, -0.1) is 0 Å². The predicted octanol–water partition coefficient (Wildman–Crippen LogP) is 7.15. The first kappa shape index (κ1) is 18.7. The van der Waals surface area contributed by atoms with E-state index in [-0.39, 0.29) is 0 Å². The van der Waals surface area contributed by atoms with Gasteiger partial charge in [0.1, 0.15) is 17.6 Å². The molecule has 7 aromatic rings. The molecule has 0 amide bonds. The van der Waals surface area contributed by atoms with Gasteiger partial charge in [-0.2, -0.15) is 5.26 Å². The second-order valence-corrected chi connectivity index (χ2v) is 8.42. The van der Waals surface area contributed by atoms with Crippen LogP contribution in [0, 0.1) is 11.3 Å². The minimum absolute atomic E-state index is 0.385. The summed E-state index contributed by atoms with van der Waals surface area (Å²) in [7, 11) is 0. The Balaban J connectivity index is 1.60. The SMILES string of the molecule is N#Cc1cc(-n2c3ccccc3c3ccccc32)cc(-n2c3ccccc3c3ccccc32)n1. The molecular formula is C30H18N4. The lowest BCUT2D eigenvalue weighted by molar-refractivity contribution is 1.04. The number of aromatic nitrogens is 3. The highest BCUT2D eigenvalue weighted by molar-refractivity contribution is 6.10. The monoisotopic (exact) mass is 434 g/mol. The summed E-state index contributed by atoms with van der Waals surface area (Å²) in [6.45, 7) is 0. The fourth-order valence-electron chi connectivity index (χ4n) is 5.17. The fraction of sp³-hybridized carbons (Fsp3) is 0. The highest BCUT2D eigenvalue weighted by Crippen LogP contribution is 2.34.